The Bertz CT molecular complexity index is 1120. The lowest BCUT2D eigenvalue weighted by Crippen LogP contribution is -2.62. The molecule has 2 aromatic rings. The fourth-order valence-electron chi connectivity index (χ4n) is 5.03. The molecule has 40 heavy (non-hydrogen) atoms. The summed E-state index contributed by atoms with van der Waals surface area (Å²) < 4.78 is 6.33. The second-order valence-electron chi connectivity index (χ2n) is 11.2. The van der Waals surface area contributed by atoms with E-state index in [1.807, 2.05) is 77.0 Å². The van der Waals surface area contributed by atoms with E-state index in [4.69, 9.17) is 4.74 Å². The minimum atomic E-state index is -1.07. The number of carbonyl (C=O) groups is 3. The van der Waals surface area contributed by atoms with Gasteiger partial charge in [-0.15, -0.1) is 0 Å². The summed E-state index contributed by atoms with van der Waals surface area (Å²) in [4.78, 5) is 42.8. The Labute approximate surface area is 237 Å². The van der Waals surface area contributed by atoms with E-state index in [1.54, 1.807) is 24.3 Å². The summed E-state index contributed by atoms with van der Waals surface area (Å²) in [6.45, 7) is 7.85. The number of hydrogen-bond donors (Lipinski definition) is 4. The zero-order chi connectivity index (χ0) is 29.4. The van der Waals surface area contributed by atoms with Crippen molar-refractivity contribution in [3.8, 4) is 5.75 Å². The summed E-state index contributed by atoms with van der Waals surface area (Å²) in [6.07, 6.45) is -0.633. The molecule has 218 valence electrons. The van der Waals surface area contributed by atoms with Crippen LogP contribution >= 0.6 is 0 Å². The van der Waals surface area contributed by atoms with Crippen LogP contribution in [0.2, 0.25) is 0 Å². The number of aliphatic hydroxyl groups is 1. The number of amides is 3. The summed E-state index contributed by atoms with van der Waals surface area (Å²) in [7, 11) is 3.69. The van der Waals surface area contributed by atoms with Gasteiger partial charge in [0.1, 0.15) is 23.9 Å². The van der Waals surface area contributed by atoms with Crippen LogP contribution in [0.5, 0.6) is 5.75 Å². The number of hydrogen-bond acceptors (Lipinski definition) is 6. The van der Waals surface area contributed by atoms with Crippen LogP contribution in [0.25, 0.3) is 0 Å². The second kappa shape index (κ2) is 14.3. The van der Waals surface area contributed by atoms with Gasteiger partial charge >= 0.3 is 0 Å². The third kappa shape index (κ3) is 8.05. The number of carbonyl (C=O) groups excluding carboxylic acids is 3. The first-order valence-corrected chi connectivity index (χ1v) is 14.0. The van der Waals surface area contributed by atoms with Gasteiger partial charge in [-0.3, -0.25) is 19.3 Å². The largest absolute Gasteiger partial charge is 0.487 e. The molecule has 0 unspecified atom stereocenters. The predicted octanol–water partition coefficient (Wildman–Crippen LogP) is 2.44. The fraction of sp³-hybridized carbons (Fsp3) is 0.516. The lowest BCUT2D eigenvalue weighted by atomic mass is 9.94. The smallest absolute Gasteiger partial charge is 0.247 e. The van der Waals surface area contributed by atoms with E-state index in [0.29, 0.717) is 11.3 Å². The van der Waals surface area contributed by atoms with Crippen molar-refractivity contribution in [3.05, 3.63) is 65.7 Å². The molecule has 0 saturated heterocycles. The Balaban J connectivity index is 2.03. The molecule has 0 aliphatic carbocycles. The number of aliphatic hydroxyl groups excluding tert-OH is 1. The highest BCUT2D eigenvalue weighted by atomic mass is 16.5. The van der Waals surface area contributed by atoms with Crippen LogP contribution in [0, 0.1) is 11.8 Å². The third-order valence-corrected chi connectivity index (χ3v) is 7.50. The molecule has 0 aromatic heterocycles. The molecular weight excluding hydrogens is 508 g/mol. The summed E-state index contributed by atoms with van der Waals surface area (Å²) in [5.41, 5.74) is 1.49. The van der Waals surface area contributed by atoms with Crippen molar-refractivity contribution in [2.45, 2.75) is 70.9 Å². The molecule has 0 saturated carbocycles. The average molecular weight is 553 g/mol. The highest BCUT2D eigenvalue weighted by Gasteiger charge is 2.38. The first-order chi connectivity index (χ1) is 19.0. The van der Waals surface area contributed by atoms with E-state index in [0.717, 1.165) is 12.0 Å². The Hall–Kier alpha value is -3.43. The van der Waals surface area contributed by atoms with Crippen LogP contribution in [0.15, 0.2) is 54.6 Å². The maximum atomic E-state index is 14.0. The van der Waals surface area contributed by atoms with Gasteiger partial charge in [0.05, 0.1) is 12.1 Å². The zero-order valence-corrected chi connectivity index (χ0v) is 24.4. The number of ether oxygens (including phenoxy) is 1. The van der Waals surface area contributed by atoms with Crippen molar-refractivity contribution in [2.75, 3.05) is 20.6 Å². The van der Waals surface area contributed by atoms with Gasteiger partial charge in [-0.1, -0.05) is 76.6 Å². The maximum Gasteiger partial charge on any atom is 0.247 e. The molecule has 6 atom stereocenters. The monoisotopic (exact) mass is 552 g/mol. The van der Waals surface area contributed by atoms with Crippen LogP contribution in [-0.4, -0.2) is 72.6 Å². The van der Waals surface area contributed by atoms with Crippen LogP contribution in [0.3, 0.4) is 0 Å². The Morgan fingerprint density at radius 3 is 2.27 bits per heavy atom. The minimum absolute atomic E-state index is 0.0194. The molecular formula is C31H44N4O5. The quantitative estimate of drug-likeness (QED) is 0.399. The third-order valence-electron chi connectivity index (χ3n) is 7.50. The van der Waals surface area contributed by atoms with Crippen LogP contribution in [-0.2, 0) is 20.8 Å². The van der Waals surface area contributed by atoms with Crippen LogP contribution in [0.1, 0.15) is 51.3 Å². The van der Waals surface area contributed by atoms with Gasteiger partial charge < -0.3 is 25.8 Å². The molecule has 9 nitrogen and oxygen atoms in total. The van der Waals surface area contributed by atoms with Gasteiger partial charge in [0, 0.05) is 13.0 Å². The summed E-state index contributed by atoms with van der Waals surface area (Å²) >= 11 is 0. The average Bonchev–Trinajstić information content (AvgIpc) is 2.93. The molecule has 4 N–H and O–H groups in total. The van der Waals surface area contributed by atoms with Crippen molar-refractivity contribution in [3.63, 3.8) is 0 Å². The number of nitrogens with zero attached hydrogens (tertiary/aromatic N) is 1. The number of rotatable bonds is 8. The lowest BCUT2D eigenvalue weighted by Gasteiger charge is -2.35. The van der Waals surface area contributed by atoms with Gasteiger partial charge in [0.2, 0.25) is 17.7 Å². The van der Waals surface area contributed by atoms with Gasteiger partial charge in [-0.05, 0) is 49.2 Å². The topological polar surface area (TPSA) is 120 Å². The van der Waals surface area contributed by atoms with Crippen LogP contribution in [0.4, 0.5) is 0 Å². The number of nitrogens with one attached hydrogen (secondary N) is 3. The highest BCUT2D eigenvalue weighted by molar-refractivity contribution is 5.93. The first-order valence-electron chi connectivity index (χ1n) is 14.0. The minimum Gasteiger partial charge on any atom is -0.487 e. The normalized spacial score (nSPS) is 23.5. The lowest BCUT2D eigenvalue weighted by molar-refractivity contribution is -0.137. The first kappa shape index (κ1) is 31.1. The van der Waals surface area contributed by atoms with Gasteiger partial charge in [-0.2, -0.15) is 0 Å². The molecule has 2 aliphatic heterocycles. The summed E-state index contributed by atoms with van der Waals surface area (Å²) in [5.74, 6) is -0.837. The van der Waals surface area contributed by atoms with Gasteiger partial charge in [0.15, 0.2) is 0 Å². The fourth-order valence-corrected chi connectivity index (χ4v) is 5.03. The molecule has 2 aromatic carbocycles. The van der Waals surface area contributed by atoms with Gasteiger partial charge in [-0.25, -0.2) is 0 Å². The van der Waals surface area contributed by atoms with E-state index in [1.165, 1.54) is 0 Å². The number of likely N-dealkylation sites (N-methyl/N-ethyl adjacent to an activating group) is 1. The van der Waals surface area contributed by atoms with E-state index < -0.39 is 42.1 Å². The SMILES string of the molecule is CC[C@H](C)[C@H](C(=O)N[C@@H]1C(=O)N[C@@H](Cc2ccccc2)C(=O)NC[C@H](O)c2ccc(cc2)O[C@@H]1C(C)C)N(C)C. The van der Waals surface area contributed by atoms with Crippen LogP contribution < -0.4 is 20.7 Å². The molecule has 9 heteroatoms. The zero-order valence-electron chi connectivity index (χ0n) is 24.4. The predicted molar refractivity (Wildman–Crippen MR) is 155 cm³/mol. The standard InChI is InChI=1S/C31H44N4O5/c1-7-20(4)27(35(5)6)31(39)34-26-28(19(2)3)40-23-15-13-22(14-16-23)25(36)18-32-29(37)24(33-30(26)38)17-21-11-9-8-10-12-21/h8-16,19-20,24-28,36H,7,17-18H2,1-6H3,(H,32,37)(H,33,38)(H,34,39)/t20-,24-,25-,26-,27+,28+/m0/s1. The molecule has 0 spiro atoms. The summed E-state index contributed by atoms with van der Waals surface area (Å²) in [5, 5.41) is 19.3. The van der Waals surface area contributed by atoms with E-state index in [2.05, 4.69) is 16.0 Å². The van der Waals surface area contributed by atoms with Gasteiger partial charge in [0.25, 0.3) is 0 Å². The van der Waals surface area contributed by atoms with Crippen molar-refractivity contribution < 1.29 is 24.2 Å². The molecule has 2 heterocycles. The number of benzene rings is 2. The Kier molecular flexibility index (Phi) is 11.1. The van der Waals surface area contributed by atoms with E-state index >= 15 is 0 Å². The maximum absolute atomic E-state index is 14.0. The molecule has 0 radical (unpaired) electrons. The molecule has 2 bridgehead atoms. The molecule has 3 amide bonds. The molecule has 2 aliphatic rings. The Morgan fingerprint density at radius 1 is 1.05 bits per heavy atom. The van der Waals surface area contributed by atoms with Crippen molar-refractivity contribution in [2.24, 2.45) is 11.8 Å². The van der Waals surface area contributed by atoms with Crippen molar-refractivity contribution >= 4 is 17.7 Å². The second-order valence-corrected chi connectivity index (χ2v) is 11.2. The molecule has 4 rings (SSSR count). The van der Waals surface area contributed by atoms with E-state index in [-0.39, 0.29) is 30.7 Å². The highest BCUT2D eigenvalue weighted by Crippen LogP contribution is 2.23. The van der Waals surface area contributed by atoms with Crippen molar-refractivity contribution in [1.29, 1.82) is 0 Å². The van der Waals surface area contributed by atoms with E-state index in [9.17, 15) is 19.5 Å². The molecule has 0 fully saturated rings. The Morgan fingerprint density at radius 2 is 1.70 bits per heavy atom. The number of fused-ring (bicyclic) bond motifs is 11. The van der Waals surface area contributed by atoms with Crippen molar-refractivity contribution in [1.82, 2.24) is 20.9 Å². The summed E-state index contributed by atoms with van der Waals surface area (Å²) in [6, 6.07) is 13.8.